The molecule has 2 saturated heterocycles. The van der Waals surface area contributed by atoms with Crippen LogP contribution in [0.3, 0.4) is 0 Å². The topological polar surface area (TPSA) is 118 Å². The third-order valence-electron chi connectivity index (χ3n) is 14.2. The Balaban J connectivity index is 0.934. The predicted octanol–water partition coefficient (Wildman–Crippen LogP) is 3.11. The third-order valence-corrected chi connectivity index (χ3v) is 14.2. The number of phenolic OH excluding ortho intramolecular Hbond substituents is 2. The Hall–Kier alpha value is -3.44. The first-order valence-electron chi connectivity index (χ1n) is 17.6. The lowest BCUT2D eigenvalue weighted by molar-refractivity contribution is -0.200. The normalized spacial score (nSPS) is 40.0. The fourth-order valence-corrected chi connectivity index (χ4v) is 12.5. The van der Waals surface area contributed by atoms with Crippen molar-refractivity contribution in [1.29, 1.82) is 0 Å². The molecule has 2 saturated carbocycles. The number of phenols is 2. The second-order valence-electron chi connectivity index (χ2n) is 15.4. The molecule has 10 heteroatoms. The molecule has 8 atom stereocenters. The number of piperidine rings is 2. The molecule has 0 amide bonds. The van der Waals surface area contributed by atoms with Crippen LogP contribution in [0.4, 0.5) is 0 Å². The lowest BCUT2D eigenvalue weighted by atomic mass is 9.48. The van der Waals surface area contributed by atoms with Crippen molar-refractivity contribution in [3.05, 3.63) is 58.7 Å². The maximum atomic E-state index is 13.3. The van der Waals surface area contributed by atoms with Crippen LogP contribution in [0.5, 0.6) is 23.0 Å². The van der Waals surface area contributed by atoms with E-state index in [-0.39, 0.29) is 35.1 Å². The monoisotopic (exact) mass is 654 g/mol. The number of aromatic hydroxyl groups is 2. The third kappa shape index (κ3) is 3.12. The van der Waals surface area contributed by atoms with E-state index < -0.39 is 34.2 Å². The van der Waals surface area contributed by atoms with Crippen molar-refractivity contribution in [3.8, 4) is 23.0 Å². The van der Waals surface area contributed by atoms with Gasteiger partial charge in [-0.25, -0.2) is 0 Å². The van der Waals surface area contributed by atoms with Crippen LogP contribution in [0.2, 0.25) is 0 Å². The number of Topliss-reactive ketones (excluding diaryl/α,β-unsaturated/α-hetero) is 2. The van der Waals surface area contributed by atoms with Gasteiger partial charge in [0.2, 0.25) is 0 Å². The number of benzene rings is 2. The quantitative estimate of drug-likeness (QED) is 0.450. The maximum Gasteiger partial charge on any atom is 0.174 e. The number of hydrogen-bond donors (Lipinski definition) is 2. The van der Waals surface area contributed by atoms with Crippen LogP contribution in [-0.4, -0.2) is 107 Å². The molecule has 252 valence electrons. The van der Waals surface area contributed by atoms with Crippen LogP contribution in [0.25, 0.3) is 0 Å². The van der Waals surface area contributed by atoms with Crippen molar-refractivity contribution in [2.24, 2.45) is 0 Å². The summed E-state index contributed by atoms with van der Waals surface area (Å²) in [6.45, 7) is 3.15. The molecule has 8 aliphatic rings. The van der Waals surface area contributed by atoms with Gasteiger partial charge in [-0.3, -0.25) is 19.4 Å². The Morgan fingerprint density at radius 3 is 1.58 bits per heavy atom. The van der Waals surface area contributed by atoms with E-state index >= 15 is 0 Å². The zero-order chi connectivity index (χ0) is 32.8. The highest BCUT2D eigenvalue weighted by atomic mass is 16.5. The lowest BCUT2D eigenvalue weighted by Crippen LogP contribution is -2.77. The highest BCUT2D eigenvalue weighted by Gasteiger charge is 2.75. The Kier molecular flexibility index (Phi) is 5.91. The van der Waals surface area contributed by atoms with Gasteiger partial charge in [-0.05, 0) is 61.8 Å². The standard InChI is InChI=1S/C38H42N2O8/c1-45-37-11-9-25(43)33-35(37)13-17-39(27(37)19-21-5-7-23(41)31(47-33)29(21)35)15-3-4-16-40-18-14-36-30-22-6-8-24(42)32(30)48-34(36)26(44)10-12-38(36,46-2)28(40)20-22/h3-8,27-28,33-34,41-42H,9-20H2,1-2H3/b4-3+/t27-,28-,33+,34+,35+,36+,37-,38-/m1/s1. The minimum atomic E-state index is -0.621. The first kappa shape index (κ1) is 29.5. The first-order valence-corrected chi connectivity index (χ1v) is 17.6. The number of likely N-dealkylation sites (tertiary alicyclic amines) is 2. The molecule has 0 radical (unpaired) electrons. The number of hydrogen-bond acceptors (Lipinski definition) is 10. The Labute approximate surface area is 279 Å². The van der Waals surface area contributed by atoms with Gasteiger partial charge in [0.1, 0.15) is 0 Å². The molecule has 4 aliphatic carbocycles. The number of nitrogens with zero attached hydrogens (tertiary/aromatic N) is 2. The molecule has 0 unspecified atom stereocenters. The molecular formula is C38H42N2O8. The Morgan fingerprint density at radius 2 is 1.17 bits per heavy atom. The fourth-order valence-electron chi connectivity index (χ4n) is 12.5. The van der Waals surface area contributed by atoms with Gasteiger partial charge in [0.05, 0.1) is 22.0 Å². The molecule has 4 aliphatic heterocycles. The number of ketones is 2. The van der Waals surface area contributed by atoms with Crippen LogP contribution in [0.15, 0.2) is 36.4 Å². The van der Waals surface area contributed by atoms with Crippen molar-refractivity contribution >= 4 is 11.6 Å². The molecule has 4 fully saturated rings. The number of carbonyl (C=O) groups is 2. The molecular weight excluding hydrogens is 612 g/mol. The van der Waals surface area contributed by atoms with Gasteiger partial charge >= 0.3 is 0 Å². The van der Waals surface area contributed by atoms with Crippen molar-refractivity contribution < 1.29 is 38.7 Å². The number of carbonyl (C=O) groups excluding carboxylic acids is 2. The first-order chi connectivity index (χ1) is 23.3. The summed E-state index contributed by atoms with van der Waals surface area (Å²) >= 11 is 0. The largest absolute Gasteiger partial charge is 0.504 e. The second kappa shape index (κ2) is 9.62. The van der Waals surface area contributed by atoms with Crippen LogP contribution in [-0.2, 0) is 42.7 Å². The van der Waals surface area contributed by atoms with E-state index in [4.69, 9.17) is 18.9 Å². The summed E-state index contributed by atoms with van der Waals surface area (Å²) in [5, 5.41) is 21.5. The van der Waals surface area contributed by atoms with Crippen LogP contribution in [0, 0.1) is 0 Å². The average Bonchev–Trinajstić information content (AvgIpc) is 3.64. The van der Waals surface area contributed by atoms with Crippen LogP contribution in [0.1, 0.15) is 60.8 Å². The summed E-state index contributed by atoms with van der Waals surface area (Å²) in [5.41, 5.74) is 1.98. The van der Waals surface area contributed by atoms with E-state index in [1.165, 1.54) is 0 Å². The van der Waals surface area contributed by atoms with Gasteiger partial charge in [0.25, 0.3) is 0 Å². The van der Waals surface area contributed by atoms with Crippen molar-refractivity contribution in [3.63, 3.8) is 0 Å². The highest BCUT2D eigenvalue weighted by molar-refractivity contribution is 5.91. The average molecular weight is 655 g/mol. The number of methoxy groups -OCH3 is 2. The summed E-state index contributed by atoms with van der Waals surface area (Å²) in [5.74, 6) is 1.38. The molecule has 0 aromatic heterocycles. The van der Waals surface area contributed by atoms with Gasteiger partial charge in [-0.1, -0.05) is 24.3 Å². The fraction of sp³-hybridized carbons (Fsp3) is 0.579. The minimum Gasteiger partial charge on any atom is -0.504 e. The molecule has 4 heterocycles. The van der Waals surface area contributed by atoms with Gasteiger partial charge in [0.15, 0.2) is 46.8 Å². The lowest BCUT2D eigenvalue weighted by Gasteiger charge is -2.64. The van der Waals surface area contributed by atoms with E-state index in [2.05, 4.69) is 22.0 Å². The molecule has 48 heavy (non-hydrogen) atoms. The molecule has 2 spiro atoms. The van der Waals surface area contributed by atoms with E-state index in [0.29, 0.717) is 37.2 Å². The van der Waals surface area contributed by atoms with Crippen molar-refractivity contribution in [2.75, 3.05) is 40.4 Å². The predicted molar refractivity (Wildman–Crippen MR) is 173 cm³/mol. The summed E-state index contributed by atoms with van der Waals surface area (Å²) in [6, 6.07) is 7.58. The van der Waals surface area contributed by atoms with Gasteiger partial charge in [-0.15, -0.1) is 0 Å². The van der Waals surface area contributed by atoms with Crippen LogP contribution >= 0.6 is 0 Å². The van der Waals surface area contributed by atoms with Crippen LogP contribution < -0.4 is 9.47 Å². The van der Waals surface area contributed by atoms with E-state index in [0.717, 1.165) is 74.1 Å². The summed E-state index contributed by atoms with van der Waals surface area (Å²) < 4.78 is 25.7. The maximum absolute atomic E-state index is 13.3. The summed E-state index contributed by atoms with van der Waals surface area (Å²) in [6.07, 6.45) is 8.44. The number of ether oxygens (including phenoxy) is 4. The molecule has 2 aromatic carbocycles. The van der Waals surface area contributed by atoms with E-state index in [1.54, 1.807) is 26.4 Å². The molecule has 2 N–H and O–H groups in total. The van der Waals surface area contributed by atoms with E-state index in [1.807, 2.05) is 12.1 Å². The summed E-state index contributed by atoms with van der Waals surface area (Å²) in [7, 11) is 3.57. The smallest absolute Gasteiger partial charge is 0.174 e. The minimum absolute atomic E-state index is 0.0780. The zero-order valence-electron chi connectivity index (χ0n) is 27.5. The second-order valence-corrected chi connectivity index (χ2v) is 15.4. The molecule has 2 aromatic rings. The molecule has 10 rings (SSSR count). The highest BCUT2D eigenvalue weighted by Crippen LogP contribution is 2.67. The van der Waals surface area contributed by atoms with Gasteiger partial charge in [-0.2, -0.15) is 0 Å². The number of rotatable bonds is 6. The van der Waals surface area contributed by atoms with Gasteiger partial charge in [0, 0.05) is 76.5 Å². The SMILES string of the molecule is CO[C@@]12CCC(=O)[C@@H]3Oc4c(O)ccc5c4[C@@]31CCN(C/C=C/CN1CC[C@]34c6c7ccc(O)c6O[C@H]3C(=O)CC[C@@]4(OC)[C@H]1C7)[C@@H]2C5. The van der Waals surface area contributed by atoms with Crippen molar-refractivity contribution in [2.45, 2.75) is 97.7 Å². The van der Waals surface area contributed by atoms with Crippen molar-refractivity contribution in [1.82, 2.24) is 9.80 Å². The Morgan fingerprint density at radius 1 is 0.729 bits per heavy atom. The summed E-state index contributed by atoms with van der Waals surface area (Å²) in [4.78, 5) is 31.7. The Bertz CT molecular complexity index is 1700. The van der Waals surface area contributed by atoms with E-state index in [9.17, 15) is 19.8 Å². The zero-order valence-corrected chi connectivity index (χ0v) is 27.5. The molecule has 4 bridgehead atoms. The molecule has 10 nitrogen and oxygen atoms in total. The van der Waals surface area contributed by atoms with Gasteiger partial charge < -0.3 is 29.2 Å².